The van der Waals surface area contributed by atoms with Gasteiger partial charge in [0.15, 0.2) is 17.1 Å². The van der Waals surface area contributed by atoms with Crippen LogP contribution in [0.25, 0.3) is 11.0 Å². The molecule has 174 valence electrons. The normalized spacial score (nSPS) is 17.3. The van der Waals surface area contributed by atoms with Crippen LogP contribution in [0.4, 0.5) is 5.69 Å². The zero-order chi connectivity index (χ0) is 23.8. The SMILES string of the molecule is CCN1c2cc(OC)c(/C=N\NC(=O)c3cc4cccc(OC)c4o3)cc2C(C)CC1(C)C. The first kappa shape index (κ1) is 22.7. The van der Waals surface area contributed by atoms with Crippen LogP contribution in [0, 0.1) is 0 Å². The fourth-order valence-electron chi connectivity index (χ4n) is 4.93. The van der Waals surface area contributed by atoms with Gasteiger partial charge in [0.05, 0.1) is 20.4 Å². The molecule has 0 fully saturated rings. The van der Waals surface area contributed by atoms with Gasteiger partial charge in [-0.25, -0.2) is 5.43 Å². The number of hydrogen-bond donors (Lipinski definition) is 1. The molecule has 0 spiro atoms. The third-order valence-corrected chi connectivity index (χ3v) is 6.37. The van der Waals surface area contributed by atoms with Gasteiger partial charge in [0, 0.05) is 34.8 Å². The Morgan fingerprint density at radius 3 is 2.70 bits per heavy atom. The van der Waals surface area contributed by atoms with E-state index in [-0.39, 0.29) is 11.3 Å². The third-order valence-electron chi connectivity index (χ3n) is 6.37. The van der Waals surface area contributed by atoms with Crippen LogP contribution in [-0.4, -0.2) is 38.4 Å². The van der Waals surface area contributed by atoms with Crippen LogP contribution < -0.4 is 19.8 Å². The average molecular weight is 450 g/mol. The zero-order valence-corrected chi connectivity index (χ0v) is 20.1. The number of para-hydroxylation sites is 1. The Labute approximate surface area is 194 Å². The number of fused-ring (bicyclic) bond motifs is 2. The molecule has 1 aromatic heterocycles. The van der Waals surface area contributed by atoms with Gasteiger partial charge in [-0.3, -0.25) is 4.79 Å². The Balaban J connectivity index is 1.59. The molecule has 0 radical (unpaired) electrons. The summed E-state index contributed by atoms with van der Waals surface area (Å²) in [6.45, 7) is 9.90. The van der Waals surface area contributed by atoms with Crippen LogP contribution >= 0.6 is 0 Å². The fourth-order valence-corrected chi connectivity index (χ4v) is 4.93. The minimum absolute atomic E-state index is 0.0744. The summed E-state index contributed by atoms with van der Waals surface area (Å²) in [5, 5.41) is 4.96. The van der Waals surface area contributed by atoms with Gasteiger partial charge in [0.1, 0.15) is 5.75 Å². The predicted octanol–water partition coefficient (Wildman–Crippen LogP) is 5.33. The number of hydrogen-bond acceptors (Lipinski definition) is 6. The topological polar surface area (TPSA) is 76.3 Å². The van der Waals surface area contributed by atoms with Crippen molar-refractivity contribution in [3.05, 3.63) is 53.3 Å². The highest BCUT2D eigenvalue weighted by atomic mass is 16.5. The highest BCUT2D eigenvalue weighted by Gasteiger charge is 2.36. The van der Waals surface area contributed by atoms with Gasteiger partial charge in [0.2, 0.25) is 0 Å². The number of hydrazone groups is 1. The molecular weight excluding hydrogens is 418 g/mol. The lowest BCUT2D eigenvalue weighted by atomic mass is 9.79. The average Bonchev–Trinajstić information content (AvgIpc) is 3.23. The van der Waals surface area contributed by atoms with Gasteiger partial charge in [0.25, 0.3) is 0 Å². The highest BCUT2D eigenvalue weighted by Crippen LogP contribution is 2.45. The first-order valence-electron chi connectivity index (χ1n) is 11.2. The fraction of sp³-hybridized carbons (Fsp3) is 0.385. The smallest absolute Gasteiger partial charge is 0.307 e. The maximum atomic E-state index is 12.6. The lowest BCUT2D eigenvalue weighted by Gasteiger charge is -2.47. The number of carbonyl (C=O) groups is 1. The maximum absolute atomic E-state index is 12.6. The van der Waals surface area contributed by atoms with E-state index in [9.17, 15) is 4.79 Å². The van der Waals surface area contributed by atoms with Crippen molar-refractivity contribution in [2.45, 2.75) is 45.6 Å². The van der Waals surface area contributed by atoms with Crippen molar-refractivity contribution in [3.63, 3.8) is 0 Å². The second-order valence-electron chi connectivity index (χ2n) is 9.00. The molecule has 1 atom stereocenters. The zero-order valence-electron chi connectivity index (χ0n) is 20.1. The Bertz CT molecular complexity index is 1210. The summed E-state index contributed by atoms with van der Waals surface area (Å²) in [5.41, 5.74) is 6.42. The van der Waals surface area contributed by atoms with E-state index in [4.69, 9.17) is 13.9 Å². The van der Waals surface area contributed by atoms with Crippen LogP contribution in [0.2, 0.25) is 0 Å². The Morgan fingerprint density at radius 1 is 1.24 bits per heavy atom. The quantitative estimate of drug-likeness (QED) is 0.407. The molecule has 7 nitrogen and oxygen atoms in total. The van der Waals surface area contributed by atoms with Crippen molar-refractivity contribution in [1.82, 2.24) is 5.43 Å². The molecule has 33 heavy (non-hydrogen) atoms. The lowest BCUT2D eigenvalue weighted by Crippen LogP contribution is -2.48. The summed E-state index contributed by atoms with van der Waals surface area (Å²) in [7, 11) is 3.21. The number of nitrogens with zero attached hydrogens (tertiary/aromatic N) is 2. The van der Waals surface area contributed by atoms with Gasteiger partial charge in [-0.1, -0.05) is 19.1 Å². The van der Waals surface area contributed by atoms with E-state index >= 15 is 0 Å². The molecule has 0 bridgehead atoms. The Kier molecular flexibility index (Phi) is 6.06. The van der Waals surface area contributed by atoms with Gasteiger partial charge in [-0.05, 0) is 56.9 Å². The molecule has 1 aliphatic rings. The number of ether oxygens (including phenoxy) is 2. The number of carbonyl (C=O) groups excluding carboxylic acids is 1. The van der Waals surface area contributed by atoms with Crippen molar-refractivity contribution >= 4 is 28.8 Å². The van der Waals surface area contributed by atoms with Crippen LogP contribution in [-0.2, 0) is 0 Å². The number of furan rings is 1. The number of methoxy groups -OCH3 is 2. The molecule has 2 heterocycles. The van der Waals surface area contributed by atoms with Crippen molar-refractivity contribution in [3.8, 4) is 11.5 Å². The minimum atomic E-state index is -0.436. The molecule has 2 aromatic carbocycles. The van der Waals surface area contributed by atoms with Crippen molar-refractivity contribution in [2.75, 3.05) is 25.7 Å². The van der Waals surface area contributed by atoms with Crippen LogP contribution in [0.3, 0.4) is 0 Å². The molecule has 1 N–H and O–H groups in total. The summed E-state index contributed by atoms with van der Waals surface area (Å²) in [6, 6.07) is 11.4. The summed E-state index contributed by atoms with van der Waals surface area (Å²) >= 11 is 0. The largest absolute Gasteiger partial charge is 0.496 e. The molecule has 0 saturated heterocycles. The summed E-state index contributed by atoms with van der Waals surface area (Å²) in [4.78, 5) is 15.0. The first-order valence-corrected chi connectivity index (χ1v) is 11.2. The molecule has 3 aromatic rings. The van der Waals surface area contributed by atoms with Gasteiger partial charge in [-0.2, -0.15) is 5.10 Å². The molecule has 7 heteroatoms. The molecule has 0 aliphatic carbocycles. The number of benzene rings is 2. The van der Waals surface area contributed by atoms with E-state index < -0.39 is 5.91 Å². The molecule has 1 aliphatic heterocycles. The summed E-state index contributed by atoms with van der Waals surface area (Å²) in [5.74, 6) is 1.42. The third kappa shape index (κ3) is 4.15. The van der Waals surface area contributed by atoms with Crippen molar-refractivity contribution < 1.29 is 18.7 Å². The van der Waals surface area contributed by atoms with Gasteiger partial charge >= 0.3 is 5.91 Å². The predicted molar refractivity (Wildman–Crippen MR) is 131 cm³/mol. The molecule has 1 amide bonds. The number of rotatable bonds is 6. The van der Waals surface area contributed by atoms with Gasteiger partial charge in [-0.15, -0.1) is 0 Å². The highest BCUT2D eigenvalue weighted by molar-refractivity contribution is 5.98. The van der Waals surface area contributed by atoms with E-state index in [1.807, 2.05) is 12.1 Å². The summed E-state index contributed by atoms with van der Waals surface area (Å²) in [6.07, 6.45) is 2.67. The van der Waals surface area contributed by atoms with E-state index in [0.717, 1.165) is 23.9 Å². The number of amides is 1. The van der Waals surface area contributed by atoms with Crippen LogP contribution in [0.1, 0.15) is 61.7 Å². The molecular formula is C26H31N3O4. The second-order valence-corrected chi connectivity index (χ2v) is 9.00. The maximum Gasteiger partial charge on any atom is 0.307 e. The standard InChI is InChI=1S/C26H31N3O4/c1-7-29-20-13-22(32-6)18(11-19(20)16(2)14-26(29,3)4)15-27-28-25(30)23-12-17-9-8-10-21(31-5)24(17)33-23/h8-13,15-16H,7,14H2,1-6H3,(H,28,30)/b27-15-. The van der Waals surface area contributed by atoms with Gasteiger partial charge < -0.3 is 18.8 Å². The van der Waals surface area contributed by atoms with Crippen LogP contribution in [0.15, 0.2) is 45.9 Å². The second kappa shape index (κ2) is 8.81. The minimum Gasteiger partial charge on any atom is -0.496 e. The Morgan fingerprint density at radius 2 is 2.00 bits per heavy atom. The van der Waals surface area contributed by atoms with E-state index in [0.29, 0.717) is 23.0 Å². The first-order chi connectivity index (χ1) is 15.8. The van der Waals surface area contributed by atoms with Crippen molar-refractivity contribution in [1.29, 1.82) is 0 Å². The molecule has 4 rings (SSSR count). The lowest BCUT2D eigenvalue weighted by molar-refractivity contribution is 0.0929. The number of nitrogens with one attached hydrogen (secondary N) is 1. The Hall–Kier alpha value is -3.48. The van der Waals surface area contributed by atoms with Crippen molar-refractivity contribution in [2.24, 2.45) is 5.10 Å². The van der Waals surface area contributed by atoms with Crippen LogP contribution in [0.5, 0.6) is 11.5 Å². The monoisotopic (exact) mass is 449 g/mol. The molecule has 1 unspecified atom stereocenters. The van der Waals surface area contributed by atoms with E-state index in [2.05, 4.69) is 55.3 Å². The van der Waals surface area contributed by atoms with E-state index in [1.165, 1.54) is 11.3 Å². The molecule has 0 saturated carbocycles. The number of anilines is 1. The van der Waals surface area contributed by atoms with E-state index in [1.54, 1.807) is 32.6 Å². The summed E-state index contributed by atoms with van der Waals surface area (Å²) < 4.78 is 16.6.